The van der Waals surface area contributed by atoms with E-state index in [9.17, 15) is 28.2 Å². The monoisotopic (exact) mass is 480 g/mol. The Bertz CT molecular complexity index is 1120. The van der Waals surface area contributed by atoms with Crippen LogP contribution in [-0.2, 0) is 16.9 Å². The maximum Gasteiger partial charge on any atom is 0.389 e. The molecule has 0 unspecified atom stereocenters. The number of aryl methyl sites for hydroxylation is 1. The lowest BCUT2D eigenvalue weighted by molar-refractivity contribution is -0.136. The van der Waals surface area contributed by atoms with Crippen molar-refractivity contribution < 1.29 is 28.2 Å². The fraction of sp³-hybridized carbons (Fsp3) is 0.458. The lowest BCUT2D eigenvalue weighted by Crippen LogP contribution is -2.30. The molecule has 7 nitrogen and oxygen atoms in total. The molecule has 0 aliphatic heterocycles. The Labute approximate surface area is 196 Å². The van der Waals surface area contributed by atoms with Gasteiger partial charge in [-0.3, -0.25) is 9.48 Å². The first-order chi connectivity index (χ1) is 15.5. The highest BCUT2D eigenvalue weighted by Gasteiger charge is 2.27. The molecule has 0 radical (unpaired) electrons. The predicted octanol–water partition coefficient (Wildman–Crippen LogP) is 4.85. The average molecular weight is 481 g/mol. The van der Waals surface area contributed by atoms with Gasteiger partial charge in [-0.25, -0.2) is 4.99 Å². The topological polar surface area (TPSA) is 99.7 Å². The van der Waals surface area contributed by atoms with Gasteiger partial charge in [0.1, 0.15) is 11.3 Å². The number of rotatable bonds is 9. The number of allylic oxidation sites excluding steroid dienone is 1. The maximum absolute atomic E-state index is 13.0. The van der Waals surface area contributed by atoms with Gasteiger partial charge in [0.15, 0.2) is 0 Å². The standard InChI is InChI=1S/C24H31F3N4O3/c1-7-17(28-20(8-2)23(5,6)34)21(32)29-19-12-15-14-31(11-9-10-24(25,26)27)30-18(15)13-16(19)22(3,4)33/h7-8,12-14,33-34H,2,9-11H2,1,3-6H3,(H,29,32)/b17-7-,28-20+. The molecule has 0 saturated heterocycles. The molecule has 186 valence electrons. The van der Waals surface area contributed by atoms with E-state index in [-0.39, 0.29) is 24.4 Å². The number of fused-ring (bicyclic) bond motifs is 1. The van der Waals surface area contributed by atoms with E-state index in [2.05, 4.69) is 22.0 Å². The van der Waals surface area contributed by atoms with Gasteiger partial charge in [-0.2, -0.15) is 18.3 Å². The van der Waals surface area contributed by atoms with Gasteiger partial charge in [-0.1, -0.05) is 12.7 Å². The maximum atomic E-state index is 13.0. The van der Waals surface area contributed by atoms with Crippen LogP contribution in [0.2, 0.25) is 0 Å². The van der Waals surface area contributed by atoms with E-state index in [1.807, 2.05) is 0 Å². The number of aliphatic imine (C=N–C) groups is 1. The number of carbonyl (C=O) groups is 1. The quantitative estimate of drug-likeness (QED) is 0.353. The first-order valence-electron chi connectivity index (χ1n) is 10.8. The molecule has 2 aromatic rings. The summed E-state index contributed by atoms with van der Waals surface area (Å²) in [7, 11) is 0. The zero-order valence-corrected chi connectivity index (χ0v) is 20.0. The summed E-state index contributed by atoms with van der Waals surface area (Å²) in [5.41, 5.74) is -1.28. The van der Waals surface area contributed by atoms with E-state index < -0.39 is 29.7 Å². The van der Waals surface area contributed by atoms with Crippen LogP contribution in [0.25, 0.3) is 10.9 Å². The minimum Gasteiger partial charge on any atom is -0.386 e. The van der Waals surface area contributed by atoms with Crippen molar-refractivity contribution in [1.82, 2.24) is 9.78 Å². The highest BCUT2D eigenvalue weighted by Crippen LogP contribution is 2.32. The number of alkyl halides is 3. The predicted molar refractivity (Wildman–Crippen MR) is 127 cm³/mol. The Morgan fingerprint density at radius 3 is 2.38 bits per heavy atom. The summed E-state index contributed by atoms with van der Waals surface area (Å²) in [5, 5.41) is 28.5. The number of benzene rings is 1. The number of carbonyl (C=O) groups excluding carboxylic acids is 1. The molecular formula is C24H31F3N4O3. The number of nitrogens with one attached hydrogen (secondary N) is 1. The van der Waals surface area contributed by atoms with Crippen LogP contribution in [0.5, 0.6) is 0 Å². The van der Waals surface area contributed by atoms with Crippen molar-refractivity contribution in [3.63, 3.8) is 0 Å². The zero-order chi connectivity index (χ0) is 25.9. The molecule has 1 aromatic heterocycles. The number of halogens is 3. The minimum absolute atomic E-state index is 0.0293. The molecule has 1 amide bonds. The normalized spacial score (nSPS) is 13.9. The fourth-order valence-corrected chi connectivity index (χ4v) is 3.28. The molecule has 0 fully saturated rings. The van der Waals surface area contributed by atoms with Gasteiger partial charge in [0.2, 0.25) is 0 Å². The molecule has 34 heavy (non-hydrogen) atoms. The number of anilines is 1. The van der Waals surface area contributed by atoms with Gasteiger partial charge in [-0.05, 0) is 59.2 Å². The van der Waals surface area contributed by atoms with Crippen LogP contribution in [-0.4, -0.2) is 43.4 Å². The van der Waals surface area contributed by atoms with Crippen LogP contribution < -0.4 is 5.32 Å². The first kappa shape index (κ1) is 27.3. The number of nitrogens with zero attached hydrogens (tertiary/aromatic N) is 3. The third-order valence-corrected chi connectivity index (χ3v) is 5.01. The lowest BCUT2D eigenvalue weighted by Gasteiger charge is -2.22. The highest BCUT2D eigenvalue weighted by atomic mass is 19.4. The van der Waals surface area contributed by atoms with Gasteiger partial charge in [-0.15, -0.1) is 0 Å². The molecule has 2 rings (SSSR count). The van der Waals surface area contributed by atoms with Crippen LogP contribution in [0.4, 0.5) is 18.9 Å². The second-order valence-electron chi connectivity index (χ2n) is 9.01. The third kappa shape index (κ3) is 7.26. The second kappa shape index (κ2) is 10.1. The summed E-state index contributed by atoms with van der Waals surface area (Å²) in [6.45, 7) is 11.4. The van der Waals surface area contributed by atoms with Gasteiger partial charge >= 0.3 is 6.18 Å². The molecule has 0 aliphatic carbocycles. The summed E-state index contributed by atoms with van der Waals surface area (Å²) >= 11 is 0. The van der Waals surface area contributed by atoms with Crippen molar-refractivity contribution in [2.45, 2.75) is 71.4 Å². The minimum atomic E-state index is -4.23. The van der Waals surface area contributed by atoms with Gasteiger partial charge in [0.05, 0.1) is 16.8 Å². The Balaban J connectivity index is 2.41. The molecule has 0 aliphatic rings. The highest BCUT2D eigenvalue weighted by molar-refractivity contribution is 6.09. The van der Waals surface area contributed by atoms with Gasteiger partial charge < -0.3 is 15.5 Å². The van der Waals surface area contributed by atoms with Crippen molar-refractivity contribution >= 4 is 28.2 Å². The van der Waals surface area contributed by atoms with Crippen LogP contribution in [0.15, 0.2) is 47.7 Å². The molecule has 0 saturated carbocycles. The molecule has 10 heteroatoms. The Morgan fingerprint density at radius 2 is 1.88 bits per heavy atom. The molecule has 0 atom stereocenters. The number of amides is 1. The van der Waals surface area contributed by atoms with Crippen molar-refractivity contribution in [2.75, 3.05) is 5.32 Å². The van der Waals surface area contributed by atoms with Gasteiger partial charge in [0, 0.05) is 35.8 Å². The molecular weight excluding hydrogens is 449 g/mol. The smallest absolute Gasteiger partial charge is 0.386 e. The number of aromatic nitrogens is 2. The molecule has 0 spiro atoms. The van der Waals surface area contributed by atoms with E-state index in [1.54, 1.807) is 39.1 Å². The van der Waals surface area contributed by atoms with Crippen LogP contribution in [0.1, 0.15) is 53.0 Å². The Hall–Kier alpha value is -2.98. The van der Waals surface area contributed by atoms with Crippen molar-refractivity contribution in [2.24, 2.45) is 4.99 Å². The van der Waals surface area contributed by atoms with Crippen molar-refractivity contribution in [1.29, 1.82) is 0 Å². The zero-order valence-electron chi connectivity index (χ0n) is 20.0. The Kier molecular flexibility index (Phi) is 8.10. The third-order valence-electron chi connectivity index (χ3n) is 5.01. The van der Waals surface area contributed by atoms with E-state index in [1.165, 1.54) is 30.7 Å². The van der Waals surface area contributed by atoms with E-state index >= 15 is 0 Å². The molecule has 1 aromatic carbocycles. The fourth-order valence-electron chi connectivity index (χ4n) is 3.28. The number of hydrogen-bond acceptors (Lipinski definition) is 5. The SMILES string of the molecule is C=C/C(=N\C(=C/C)C(=O)Nc1cc2cn(CCCC(F)(F)F)nc2cc1C(C)(C)O)C(C)(C)O. The molecule has 3 N–H and O–H groups in total. The van der Waals surface area contributed by atoms with Crippen molar-refractivity contribution in [3.8, 4) is 0 Å². The summed E-state index contributed by atoms with van der Waals surface area (Å²) < 4.78 is 38.8. The summed E-state index contributed by atoms with van der Waals surface area (Å²) in [6.07, 6.45) is -0.835. The van der Waals surface area contributed by atoms with E-state index in [0.717, 1.165) is 0 Å². The van der Waals surface area contributed by atoms with Crippen LogP contribution in [0, 0.1) is 0 Å². The number of hydrogen-bond donors (Lipinski definition) is 3. The van der Waals surface area contributed by atoms with Crippen molar-refractivity contribution in [3.05, 3.63) is 48.3 Å². The van der Waals surface area contributed by atoms with E-state index in [4.69, 9.17) is 0 Å². The van der Waals surface area contributed by atoms with Crippen LogP contribution in [0.3, 0.4) is 0 Å². The second-order valence-corrected chi connectivity index (χ2v) is 9.01. The van der Waals surface area contributed by atoms with Gasteiger partial charge in [0.25, 0.3) is 5.91 Å². The summed E-state index contributed by atoms with van der Waals surface area (Å²) in [6, 6.07) is 3.20. The summed E-state index contributed by atoms with van der Waals surface area (Å²) in [4.78, 5) is 17.2. The van der Waals surface area contributed by atoms with Crippen LogP contribution >= 0.6 is 0 Å². The largest absolute Gasteiger partial charge is 0.389 e. The first-order valence-corrected chi connectivity index (χ1v) is 10.8. The van der Waals surface area contributed by atoms with E-state index in [0.29, 0.717) is 22.2 Å². The Morgan fingerprint density at radius 1 is 1.24 bits per heavy atom. The number of aliphatic hydroxyl groups is 2. The summed E-state index contributed by atoms with van der Waals surface area (Å²) in [5.74, 6) is -0.575. The molecule has 0 bridgehead atoms. The average Bonchev–Trinajstić information content (AvgIpc) is 3.06. The molecule has 1 heterocycles. The lowest BCUT2D eigenvalue weighted by atomic mass is 9.95.